The van der Waals surface area contributed by atoms with E-state index >= 15 is 0 Å². The summed E-state index contributed by atoms with van der Waals surface area (Å²) in [5.74, 6) is 0.347. The fourth-order valence-electron chi connectivity index (χ4n) is 1.10. The Labute approximate surface area is 43.7 Å². The molecule has 0 aliphatic heterocycles. The quantitative estimate of drug-likeness (QED) is 0.439. The van der Waals surface area contributed by atoms with Crippen LogP contribution in [0, 0.1) is 5.92 Å². The molecule has 0 aromatic rings. The molecule has 2 atom stereocenters. The van der Waals surface area contributed by atoms with Gasteiger partial charge >= 0.3 is 0 Å². The highest BCUT2D eigenvalue weighted by Crippen LogP contribution is 2.26. The maximum absolute atomic E-state index is 12.3. The predicted octanol–water partition coefficient (Wildman–Crippen LogP) is 2.14. The molecule has 0 amide bonds. The Morgan fingerprint density at radius 1 is 1.43 bits per heavy atom. The summed E-state index contributed by atoms with van der Waals surface area (Å²) in [7, 11) is 0. The molecule has 1 rings (SSSR count). The minimum absolute atomic E-state index is 0.347. The van der Waals surface area contributed by atoms with Crippen LogP contribution >= 0.6 is 0 Å². The molecule has 0 heterocycles. The van der Waals surface area contributed by atoms with E-state index in [1.54, 1.807) is 0 Å². The van der Waals surface area contributed by atoms with E-state index in [2.05, 4.69) is 0 Å². The number of halogens is 1. The largest absolute Gasteiger partial charge is 0.247 e. The van der Waals surface area contributed by atoms with Crippen molar-refractivity contribution in [2.45, 2.75) is 32.4 Å². The van der Waals surface area contributed by atoms with Gasteiger partial charge in [0, 0.05) is 0 Å². The van der Waals surface area contributed by atoms with Crippen molar-refractivity contribution >= 4 is 0 Å². The Bertz CT molecular complexity index is 53.2. The summed E-state index contributed by atoms with van der Waals surface area (Å²) in [6, 6.07) is 0. The normalized spacial score (nSPS) is 42.0. The van der Waals surface area contributed by atoms with Gasteiger partial charge in [-0.2, -0.15) is 0 Å². The summed E-state index contributed by atoms with van der Waals surface area (Å²) in [6.45, 7) is 1.98. The first-order valence-corrected chi connectivity index (χ1v) is 2.95. The van der Waals surface area contributed by atoms with Gasteiger partial charge in [-0.05, 0) is 18.8 Å². The zero-order valence-corrected chi connectivity index (χ0v) is 4.65. The summed E-state index contributed by atoms with van der Waals surface area (Å²) in [4.78, 5) is 0. The lowest BCUT2D eigenvalue weighted by Crippen LogP contribution is -2.01. The highest BCUT2D eigenvalue weighted by Gasteiger charge is 2.21. The van der Waals surface area contributed by atoms with Gasteiger partial charge < -0.3 is 0 Å². The summed E-state index contributed by atoms with van der Waals surface area (Å²) in [5.41, 5.74) is 0. The van der Waals surface area contributed by atoms with Gasteiger partial charge in [0.05, 0.1) is 0 Å². The smallest absolute Gasteiger partial charge is 0.103 e. The first kappa shape index (κ1) is 5.07. The van der Waals surface area contributed by atoms with Gasteiger partial charge in [0.1, 0.15) is 6.17 Å². The van der Waals surface area contributed by atoms with Crippen LogP contribution in [0.2, 0.25) is 0 Å². The van der Waals surface area contributed by atoms with Crippen LogP contribution in [0.4, 0.5) is 4.39 Å². The topological polar surface area (TPSA) is 0 Å². The van der Waals surface area contributed by atoms with Crippen molar-refractivity contribution < 1.29 is 4.39 Å². The molecule has 0 aromatic carbocycles. The fraction of sp³-hybridized carbons (Fsp3) is 1.00. The molecular weight excluding hydrogens is 91.1 g/mol. The highest BCUT2D eigenvalue weighted by molar-refractivity contribution is 4.72. The molecule has 1 unspecified atom stereocenters. The van der Waals surface area contributed by atoms with Crippen molar-refractivity contribution in [3.63, 3.8) is 0 Å². The first-order valence-electron chi connectivity index (χ1n) is 2.95. The molecule has 7 heavy (non-hydrogen) atoms. The average Bonchev–Trinajstić information content (AvgIpc) is 1.91. The lowest BCUT2D eigenvalue weighted by Gasteiger charge is -2.00. The highest BCUT2D eigenvalue weighted by atomic mass is 19.1. The number of hydrogen-bond donors (Lipinski definition) is 0. The van der Waals surface area contributed by atoms with Gasteiger partial charge in [0.2, 0.25) is 0 Å². The number of hydrogen-bond acceptors (Lipinski definition) is 0. The molecule has 1 saturated carbocycles. The van der Waals surface area contributed by atoms with Crippen molar-refractivity contribution in [1.82, 2.24) is 0 Å². The van der Waals surface area contributed by atoms with Crippen LogP contribution in [-0.2, 0) is 0 Å². The van der Waals surface area contributed by atoms with Gasteiger partial charge in [-0.25, -0.2) is 4.39 Å². The second kappa shape index (κ2) is 1.81. The SMILES string of the molecule is C[C@@H]1CCCC1F. The Morgan fingerprint density at radius 2 is 2.14 bits per heavy atom. The molecule has 42 valence electrons. The third-order valence-electron chi connectivity index (χ3n) is 1.76. The molecule has 0 bridgehead atoms. The van der Waals surface area contributed by atoms with Gasteiger partial charge in [-0.1, -0.05) is 13.3 Å². The maximum atomic E-state index is 12.3. The molecule has 0 aromatic heterocycles. The van der Waals surface area contributed by atoms with E-state index in [-0.39, 0.29) is 0 Å². The second-order valence-corrected chi connectivity index (χ2v) is 2.42. The van der Waals surface area contributed by atoms with Crippen LogP contribution < -0.4 is 0 Å². The first-order chi connectivity index (χ1) is 3.30. The third kappa shape index (κ3) is 0.929. The minimum atomic E-state index is -0.486. The number of alkyl halides is 1. The van der Waals surface area contributed by atoms with Crippen molar-refractivity contribution in [3.8, 4) is 0 Å². The Balaban J connectivity index is 2.33. The molecule has 1 aliphatic rings. The lowest BCUT2D eigenvalue weighted by atomic mass is 10.1. The Kier molecular flexibility index (Phi) is 1.31. The van der Waals surface area contributed by atoms with Crippen LogP contribution in [-0.4, -0.2) is 6.17 Å². The molecular formula is C6H11F. The molecule has 0 spiro atoms. The van der Waals surface area contributed by atoms with Crippen LogP contribution in [0.1, 0.15) is 26.2 Å². The summed E-state index contributed by atoms with van der Waals surface area (Å²) < 4.78 is 12.3. The summed E-state index contributed by atoms with van der Waals surface area (Å²) >= 11 is 0. The molecule has 0 N–H and O–H groups in total. The van der Waals surface area contributed by atoms with E-state index in [1.165, 1.54) is 0 Å². The van der Waals surface area contributed by atoms with Crippen molar-refractivity contribution in [2.75, 3.05) is 0 Å². The zero-order chi connectivity index (χ0) is 5.28. The average molecular weight is 102 g/mol. The molecule has 1 fully saturated rings. The Hall–Kier alpha value is -0.0700. The van der Waals surface area contributed by atoms with Gasteiger partial charge in [-0.3, -0.25) is 0 Å². The number of rotatable bonds is 0. The van der Waals surface area contributed by atoms with Gasteiger partial charge in [-0.15, -0.1) is 0 Å². The molecule has 1 heteroatoms. The van der Waals surface area contributed by atoms with Crippen LogP contribution in [0.25, 0.3) is 0 Å². The molecule has 1 aliphatic carbocycles. The van der Waals surface area contributed by atoms with Crippen molar-refractivity contribution in [2.24, 2.45) is 5.92 Å². The van der Waals surface area contributed by atoms with E-state index in [9.17, 15) is 4.39 Å². The van der Waals surface area contributed by atoms with Crippen LogP contribution in [0.5, 0.6) is 0 Å². The van der Waals surface area contributed by atoms with E-state index in [0.29, 0.717) is 5.92 Å². The maximum Gasteiger partial charge on any atom is 0.103 e. The van der Waals surface area contributed by atoms with Crippen molar-refractivity contribution in [3.05, 3.63) is 0 Å². The monoisotopic (exact) mass is 102 g/mol. The molecule has 0 saturated heterocycles. The third-order valence-corrected chi connectivity index (χ3v) is 1.76. The predicted molar refractivity (Wildman–Crippen MR) is 27.9 cm³/mol. The minimum Gasteiger partial charge on any atom is -0.247 e. The zero-order valence-electron chi connectivity index (χ0n) is 4.65. The van der Waals surface area contributed by atoms with E-state index in [1.807, 2.05) is 6.92 Å². The van der Waals surface area contributed by atoms with E-state index < -0.39 is 6.17 Å². The fourth-order valence-corrected chi connectivity index (χ4v) is 1.10. The second-order valence-electron chi connectivity index (χ2n) is 2.42. The van der Waals surface area contributed by atoms with E-state index in [0.717, 1.165) is 19.3 Å². The van der Waals surface area contributed by atoms with Gasteiger partial charge in [0.25, 0.3) is 0 Å². The summed E-state index contributed by atoms with van der Waals surface area (Å²) in [6.07, 6.45) is 2.52. The standard InChI is InChI=1S/C6H11F/c1-5-3-2-4-6(5)7/h5-6H,2-4H2,1H3/t5-,6?/m1/s1. The van der Waals surface area contributed by atoms with Crippen LogP contribution in [0.3, 0.4) is 0 Å². The molecule has 0 nitrogen and oxygen atoms in total. The lowest BCUT2D eigenvalue weighted by molar-refractivity contribution is 0.278. The van der Waals surface area contributed by atoms with Crippen LogP contribution in [0.15, 0.2) is 0 Å². The summed E-state index contributed by atoms with van der Waals surface area (Å²) in [5, 5.41) is 0. The molecule has 0 radical (unpaired) electrons. The van der Waals surface area contributed by atoms with E-state index in [4.69, 9.17) is 0 Å². The van der Waals surface area contributed by atoms with Gasteiger partial charge in [0.15, 0.2) is 0 Å². The Morgan fingerprint density at radius 3 is 2.29 bits per heavy atom. The van der Waals surface area contributed by atoms with Crippen molar-refractivity contribution in [1.29, 1.82) is 0 Å².